The first kappa shape index (κ1) is 19.7. The molecule has 7 heteroatoms. The Balaban J connectivity index is 1.64. The molecule has 0 N–H and O–H groups in total. The van der Waals surface area contributed by atoms with Gasteiger partial charge in [0.25, 0.3) is 5.91 Å². The summed E-state index contributed by atoms with van der Waals surface area (Å²) < 4.78 is 6.78. The molecule has 0 aliphatic carbocycles. The SMILES string of the molecule is Cc1cc(Br)cc(C2=NC3(CC2)CCN(COCC[Si](C)(C)C)C3=O)n1. The number of rotatable bonds is 6. The van der Waals surface area contributed by atoms with Crippen LogP contribution in [0.1, 0.15) is 30.7 Å². The number of hydrogen-bond donors (Lipinski definition) is 0. The van der Waals surface area contributed by atoms with Crippen LogP contribution in [0.4, 0.5) is 0 Å². The molecule has 1 spiro atoms. The maximum atomic E-state index is 12.9. The summed E-state index contributed by atoms with van der Waals surface area (Å²) in [5.74, 6) is 0.118. The zero-order valence-corrected chi connectivity index (χ0v) is 18.7. The molecular formula is C19H28BrN3O2Si. The van der Waals surface area contributed by atoms with Gasteiger partial charge in [0.1, 0.15) is 12.3 Å². The standard InChI is InChI=1S/C19H28BrN3O2Si/c1-14-11-15(20)12-17(21-14)16-5-6-19(22-16)7-8-23(18(19)24)13-25-9-10-26(2,3)4/h11-12H,5-10,13H2,1-4H3. The smallest absolute Gasteiger partial charge is 0.252 e. The summed E-state index contributed by atoms with van der Waals surface area (Å²) in [5, 5.41) is 0. The average Bonchev–Trinajstić information content (AvgIpc) is 3.09. The van der Waals surface area contributed by atoms with Crippen LogP contribution < -0.4 is 0 Å². The van der Waals surface area contributed by atoms with E-state index in [-0.39, 0.29) is 5.91 Å². The van der Waals surface area contributed by atoms with Crippen molar-refractivity contribution in [2.75, 3.05) is 19.9 Å². The van der Waals surface area contributed by atoms with Crippen molar-refractivity contribution in [1.29, 1.82) is 0 Å². The van der Waals surface area contributed by atoms with Gasteiger partial charge in [-0.05, 0) is 44.4 Å². The number of aliphatic imine (C=N–C) groups is 1. The first-order valence-electron chi connectivity index (χ1n) is 9.29. The van der Waals surface area contributed by atoms with Gasteiger partial charge in [0.2, 0.25) is 0 Å². The van der Waals surface area contributed by atoms with Crippen molar-refractivity contribution in [3.63, 3.8) is 0 Å². The third-order valence-electron chi connectivity index (χ3n) is 5.06. The van der Waals surface area contributed by atoms with Crippen molar-refractivity contribution in [1.82, 2.24) is 9.88 Å². The molecule has 3 rings (SSSR count). The van der Waals surface area contributed by atoms with Crippen LogP contribution in [-0.4, -0.2) is 55.0 Å². The lowest BCUT2D eigenvalue weighted by Gasteiger charge is -2.21. The maximum Gasteiger partial charge on any atom is 0.252 e. The van der Waals surface area contributed by atoms with Crippen LogP contribution in [0.15, 0.2) is 21.6 Å². The lowest BCUT2D eigenvalue weighted by Crippen LogP contribution is -2.38. The molecule has 26 heavy (non-hydrogen) atoms. The molecule has 0 saturated carbocycles. The van der Waals surface area contributed by atoms with Crippen LogP contribution in [0, 0.1) is 6.92 Å². The van der Waals surface area contributed by atoms with Gasteiger partial charge in [-0.15, -0.1) is 0 Å². The van der Waals surface area contributed by atoms with E-state index in [9.17, 15) is 4.79 Å². The number of likely N-dealkylation sites (tertiary alicyclic amines) is 1. The molecule has 1 fully saturated rings. The Bertz CT molecular complexity index is 712. The predicted octanol–water partition coefficient (Wildman–Crippen LogP) is 4.02. The molecular weight excluding hydrogens is 410 g/mol. The summed E-state index contributed by atoms with van der Waals surface area (Å²) >= 11 is 3.52. The van der Waals surface area contributed by atoms with Crippen LogP contribution in [0.2, 0.25) is 25.7 Å². The van der Waals surface area contributed by atoms with Gasteiger partial charge in [0.15, 0.2) is 0 Å². The highest BCUT2D eigenvalue weighted by Gasteiger charge is 2.49. The van der Waals surface area contributed by atoms with Crippen molar-refractivity contribution >= 4 is 35.6 Å². The monoisotopic (exact) mass is 437 g/mol. The minimum Gasteiger partial charge on any atom is -0.361 e. The van der Waals surface area contributed by atoms with Gasteiger partial charge in [-0.3, -0.25) is 14.8 Å². The van der Waals surface area contributed by atoms with Gasteiger partial charge in [-0.2, -0.15) is 0 Å². The second-order valence-electron chi connectivity index (χ2n) is 8.57. The van der Waals surface area contributed by atoms with Crippen LogP contribution in [-0.2, 0) is 9.53 Å². The summed E-state index contributed by atoms with van der Waals surface area (Å²) in [6.45, 7) is 10.8. The lowest BCUT2D eigenvalue weighted by atomic mass is 9.95. The molecule has 1 amide bonds. The first-order valence-corrected chi connectivity index (χ1v) is 13.8. The Morgan fingerprint density at radius 3 is 2.77 bits per heavy atom. The molecule has 3 heterocycles. The molecule has 1 saturated heterocycles. The zero-order valence-electron chi connectivity index (χ0n) is 16.1. The molecule has 142 valence electrons. The van der Waals surface area contributed by atoms with Crippen molar-refractivity contribution < 1.29 is 9.53 Å². The van der Waals surface area contributed by atoms with Crippen LogP contribution >= 0.6 is 15.9 Å². The molecule has 1 unspecified atom stereocenters. The Morgan fingerprint density at radius 2 is 2.08 bits per heavy atom. The van der Waals surface area contributed by atoms with Crippen molar-refractivity contribution in [2.45, 2.75) is 57.4 Å². The minimum atomic E-state index is -1.10. The molecule has 5 nitrogen and oxygen atoms in total. The summed E-state index contributed by atoms with van der Waals surface area (Å²) in [7, 11) is -1.10. The Morgan fingerprint density at radius 1 is 1.31 bits per heavy atom. The summed E-state index contributed by atoms with van der Waals surface area (Å²) in [6, 6.07) is 5.09. The van der Waals surface area contributed by atoms with Crippen LogP contribution in [0.5, 0.6) is 0 Å². The fourth-order valence-electron chi connectivity index (χ4n) is 3.49. The van der Waals surface area contributed by atoms with Crippen molar-refractivity contribution in [3.8, 4) is 0 Å². The van der Waals surface area contributed by atoms with Crippen LogP contribution in [0.25, 0.3) is 0 Å². The summed E-state index contributed by atoms with van der Waals surface area (Å²) in [6.07, 6.45) is 2.36. The number of aromatic nitrogens is 1. The minimum absolute atomic E-state index is 0.118. The third kappa shape index (κ3) is 4.43. The quantitative estimate of drug-likeness (QED) is 0.498. The molecule has 0 bridgehead atoms. The number of halogens is 1. The van der Waals surface area contributed by atoms with Gasteiger partial charge in [0.05, 0.1) is 11.4 Å². The molecule has 1 aromatic heterocycles. The van der Waals surface area contributed by atoms with Gasteiger partial charge < -0.3 is 9.64 Å². The van der Waals surface area contributed by atoms with E-state index in [0.29, 0.717) is 6.73 Å². The maximum absolute atomic E-state index is 12.9. The second kappa shape index (κ2) is 7.52. The fraction of sp³-hybridized carbons (Fsp3) is 0.632. The van der Waals surface area contributed by atoms with Crippen molar-refractivity contribution in [2.24, 2.45) is 4.99 Å². The Kier molecular flexibility index (Phi) is 5.70. The fourth-order valence-corrected chi connectivity index (χ4v) is 4.79. The molecule has 0 radical (unpaired) electrons. The number of carbonyl (C=O) groups is 1. The van der Waals surface area contributed by atoms with Gasteiger partial charge >= 0.3 is 0 Å². The van der Waals surface area contributed by atoms with E-state index in [1.54, 1.807) is 0 Å². The zero-order chi connectivity index (χ0) is 18.9. The van der Waals surface area contributed by atoms with Gasteiger partial charge in [-0.25, -0.2) is 0 Å². The van der Waals surface area contributed by atoms with E-state index < -0.39 is 13.6 Å². The predicted molar refractivity (Wildman–Crippen MR) is 110 cm³/mol. The second-order valence-corrected chi connectivity index (χ2v) is 15.1. The lowest BCUT2D eigenvalue weighted by molar-refractivity contribution is -0.136. The normalized spacial score (nSPS) is 23.2. The molecule has 2 aliphatic rings. The van der Waals surface area contributed by atoms with Gasteiger partial charge in [-0.1, -0.05) is 35.6 Å². The van der Waals surface area contributed by atoms with Crippen molar-refractivity contribution in [3.05, 3.63) is 28.0 Å². The highest BCUT2D eigenvalue weighted by atomic mass is 79.9. The largest absolute Gasteiger partial charge is 0.361 e. The van der Waals surface area contributed by atoms with E-state index in [1.807, 2.05) is 24.0 Å². The average molecular weight is 438 g/mol. The van der Waals surface area contributed by atoms with E-state index in [4.69, 9.17) is 9.73 Å². The molecule has 1 atom stereocenters. The third-order valence-corrected chi connectivity index (χ3v) is 7.22. The number of carbonyl (C=O) groups excluding carboxylic acids is 1. The number of nitrogens with zero attached hydrogens (tertiary/aromatic N) is 3. The summed E-state index contributed by atoms with van der Waals surface area (Å²) in [5.41, 5.74) is 2.19. The van der Waals surface area contributed by atoms with E-state index in [1.165, 1.54) is 0 Å². The van der Waals surface area contributed by atoms with E-state index in [0.717, 1.165) is 60.0 Å². The number of pyridine rings is 1. The molecule has 0 aromatic carbocycles. The van der Waals surface area contributed by atoms with E-state index >= 15 is 0 Å². The van der Waals surface area contributed by atoms with E-state index in [2.05, 4.69) is 40.6 Å². The Labute approximate surface area is 165 Å². The number of aryl methyl sites for hydroxylation is 1. The topological polar surface area (TPSA) is 54.8 Å². The highest BCUT2D eigenvalue weighted by molar-refractivity contribution is 9.10. The Hall–Kier alpha value is -1.05. The first-order chi connectivity index (χ1) is 12.2. The summed E-state index contributed by atoms with van der Waals surface area (Å²) in [4.78, 5) is 24.2. The van der Waals surface area contributed by atoms with Crippen LogP contribution in [0.3, 0.4) is 0 Å². The highest BCUT2D eigenvalue weighted by Crippen LogP contribution is 2.37. The number of amides is 1. The number of hydrogen-bond acceptors (Lipinski definition) is 4. The van der Waals surface area contributed by atoms with Gasteiger partial charge in [0, 0.05) is 31.4 Å². The molecule has 2 aliphatic heterocycles. The number of ether oxygens (including phenoxy) is 1. The molecule has 1 aromatic rings.